The van der Waals surface area contributed by atoms with Crippen LogP contribution in [0, 0.1) is 11.6 Å². The minimum atomic E-state index is -2.19. The molecule has 4 nitrogen and oxygen atoms in total. The highest BCUT2D eigenvalue weighted by atomic mass is 19.1. The van der Waals surface area contributed by atoms with Gasteiger partial charge in [0.1, 0.15) is 11.6 Å². The number of hydrogen-bond acceptors (Lipinski definition) is 4. The lowest BCUT2D eigenvalue weighted by Crippen LogP contribution is -2.52. The molecule has 4 rings (SSSR count). The van der Waals surface area contributed by atoms with Gasteiger partial charge in [-0.3, -0.25) is 4.90 Å². The molecule has 0 radical (unpaired) electrons. The quantitative estimate of drug-likeness (QED) is 0.647. The monoisotopic (exact) mass is 385 g/mol. The summed E-state index contributed by atoms with van der Waals surface area (Å²) in [5, 5.41) is 11.5. The predicted octanol–water partition coefficient (Wildman–Crippen LogP) is 3.49. The first kappa shape index (κ1) is 18.8. The fourth-order valence-electron chi connectivity index (χ4n) is 4.11. The Morgan fingerprint density at radius 2 is 1.64 bits per heavy atom. The van der Waals surface area contributed by atoms with Crippen LogP contribution in [0.1, 0.15) is 30.4 Å². The number of carbonyl (C=O) groups excluding carboxylic acids is 1. The van der Waals surface area contributed by atoms with E-state index in [1.807, 2.05) is 24.1 Å². The van der Waals surface area contributed by atoms with Crippen LogP contribution in [0.3, 0.4) is 0 Å². The molecule has 0 saturated carbocycles. The summed E-state index contributed by atoms with van der Waals surface area (Å²) in [7, 11) is 1.89. The lowest BCUT2D eigenvalue weighted by atomic mass is 9.86. The lowest BCUT2D eigenvalue weighted by Gasteiger charge is -2.40. The topological polar surface area (TPSA) is 49.8 Å². The third-order valence-corrected chi connectivity index (χ3v) is 5.86. The third kappa shape index (κ3) is 2.93. The Bertz CT molecular complexity index is 865. The highest BCUT2D eigenvalue weighted by Gasteiger charge is 2.51. The summed E-state index contributed by atoms with van der Waals surface area (Å²) in [5.74, 6) is -1.87. The summed E-state index contributed by atoms with van der Waals surface area (Å²) >= 11 is 0. The van der Waals surface area contributed by atoms with E-state index in [-0.39, 0.29) is 17.2 Å². The highest BCUT2D eigenvalue weighted by Crippen LogP contribution is 2.42. The molecule has 6 heteroatoms. The molecular formula is C22H21F2NO3. The second-order valence-corrected chi connectivity index (χ2v) is 7.40. The van der Waals surface area contributed by atoms with Gasteiger partial charge in [0, 0.05) is 12.5 Å². The molecule has 2 aliphatic heterocycles. The molecule has 2 heterocycles. The predicted molar refractivity (Wildman–Crippen MR) is 99.2 cm³/mol. The van der Waals surface area contributed by atoms with Gasteiger partial charge in [-0.1, -0.05) is 30.3 Å². The summed E-state index contributed by atoms with van der Waals surface area (Å²) in [6, 6.07) is 10.2. The van der Waals surface area contributed by atoms with Gasteiger partial charge < -0.3 is 9.84 Å². The molecule has 146 valence electrons. The van der Waals surface area contributed by atoms with E-state index in [0.717, 1.165) is 37.1 Å². The average molecular weight is 385 g/mol. The standard InChI is InChI=1S/C22H21F2NO3/c1-25-19-3-2-13-21(25,14-12-19)28-20(26)22(27,15-4-8-17(23)9-5-15)16-6-10-18(24)11-7-16/h2,4-11,13,19,27H,3,12,14H2,1H3/t19-,21-/m1/s1. The van der Waals surface area contributed by atoms with Crippen molar-refractivity contribution in [3.63, 3.8) is 0 Å². The second kappa shape index (κ2) is 6.79. The Hall–Kier alpha value is -2.57. The summed E-state index contributed by atoms with van der Waals surface area (Å²) in [6.45, 7) is 0. The molecule has 2 bridgehead atoms. The molecule has 1 saturated heterocycles. The van der Waals surface area contributed by atoms with E-state index < -0.39 is 28.9 Å². The van der Waals surface area contributed by atoms with Crippen LogP contribution in [0.15, 0.2) is 60.7 Å². The van der Waals surface area contributed by atoms with Gasteiger partial charge in [-0.2, -0.15) is 0 Å². The molecule has 2 aromatic rings. The number of benzene rings is 2. The van der Waals surface area contributed by atoms with Crippen LogP contribution in [0.2, 0.25) is 0 Å². The molecule has 0 spiro atoms. The van der Waals surface area contributed by atoms with E-state index in [9.17, 15) is 18.7 Å². The smallest absolute Gasteiger partial charge is 0.349 e. The van der Waals surface area contributed by atoms with Crippen molar-refractivity contribution in [3.05, 3.63) is 83.4 Å². The number of ether oxygens (including phenoxy) is 1. The minimum absolute atomic E-state index is 0.152. The first-order valence-corrected chi connectivity index (χ1v) is 9.24. The van der Waals surface area contributed by atoms with E-state index in [0.29, 0.717) is 6.42 Å². The van der Waals surface area contributed by atoms with Crippen molar-refractivity contribution in [2.24, 2.45) is 0 Å². The number of halogens is 2. The number of esters is 1. The molecule has 1 N–H and O–H groups in total. The lowest BCUT2D eigenvalue weighted by molar-refractivity contribution is -0.187. The third-order valence-electron chi connectivity index (χ3n) is 5.86. The second-order valence-electron chi connectivity index (χ2n) is 7.40. The van der Waals surface area contributed by atoms with E-state index in [1.54, 1.807) is 0 Å². The number of rotatable bonds is 4. The summed E-state index contributed by atoms with van der Waals surface area (Å²) < 4.78 is 32.7. The van der Waals surface area contributed by atoms with Crippen LogP contribution in [0.5, 0.6) is 0 Å². The van der Waals surface area contributed by atoms with Crippen molar-refractivity contribution in [1.29, 1.82) is 0 Å². The van der Waals surface area contributed by atoms with Crippen LogP contribution in [-0.4, -0.2) is 34.8 Å². The number of fused-ring (bicyclic) bond motifs is 2. The SMILES string of the molecule is CN1[C@@H]2CC=C[C@@]1(OC(=O)C(O)(c1ccc(F)cc1)c1ccc(F)cc1)CC2. The van der Waals surface area contributed by atoms with E-state index in [2.05, 4.69) is 0 Å². The van der Waals surface area contributed by atoms with Crippen molar-refractivity contribution in [2.75, 3.05) is 7.05 Å². The summed E-state index contributed by atoms with van der Waals surface area (Å²) in [5.41, 5.74) is -2.81. The zero-order valence-electron chi connectivity index (χ0n) is 15.4. The number of hydrogen-bond donors (Lipinski definition) is 1. The average Bonchev–Trinajstić information content (AvgIpc) is 2.86. The van der Waals surface area contributed by atoms with Crippen molar-refractivity contribution >= 4 is 5.97 Å². The Morgan fingerprint density at radius 1 is 1.11 bits per heavy atom. The Labute approximate surface area is 162 Å². The Kier molecular flexibility index (Phi) is 4.56. The van der Waals surface area contributed by atoms with Crippen LogP contribution in [0.25, 0.3) is 0 Å². The molecule has 2 aliphatic rings. The molecule has 0 unspecified atom stereocenters. The van der Waals surface area contributed by atoms with Gasteiger partial charge in [0.25, 0.3) is 0 Å². The Morgan fingerprint density at radius 3 is 2.18 bits per heavy atom. The minimum Gasteiger partial charge on any atom is -0.437 e. The number of nitrogens with zero attached hydrogens (tertiary/aromatic N) is 1. The summed E-state index contributed by atoms with van der Waals surface area (Å²) in [6.07, 6.45) is 6.22. The Balaban J connectivity index is 1.76. The summed E-state index contributed by atoms with van der Waals surface area (Å²) in [4.78, 5) is 15.3. The van der Waals surface area contributed by atoms with Crippen LogP contribution in [0.4, 0.5) is 8.78 Å². The first-order chi connectivity index (χ1) is 13.3. The molecule has 0 aromatic heterocycles. The number of carbonyl (C=O) groups is 1. The molecule has 2 atom stereocenters. The number of likely N-dealkylation sites (N-methyl/N-ethyl adjacent to an activating group) is 1. The van der Waals surface area contributed by atoms with Crippen molar-refractivity contribution < 1.29 is 23.4 Å². The van der Waals surface area contributed by atoms with Crippen molar-refractivity contribution in [2.45, 2.75) is 36.6 Å². The maximum atomic E-state index is 13.4. The molecule has 2 aromatic carbocycles. The normalized spacial score (nSPS) is 24.4. The van der Waals surface area contributed by atoms with E-state index >= 15 is 0 Å². The maximum Gasteiger partial charge on any atom is 0.349 e. The molecular weight excluding hydrogens is 364 g/mol. The number of aliphatic hydroxyl groups is 1. The molecule has 0 amide bonds. The fourth-order valence-corrected chi connectivity index (χ4v) is 4.11. The van der Waals surface area contributed by atoms with Gasteiger partial charge in [-0.15, -0.1) is 0 Å². The molecule has 0 aliphatic carbocycles. The van der Waals surface area contributed by atoms with Gasteiger partial charge in [0.2, 0.25) is 5.60 Å². The van der Waals surface area contributed by atoms with Crippen LogP contribution >= 0.6 is 0 Å². The maximum absolute atomic E-state index is 13.4. The van der Waals surface area contributed by atoms with Gasteiger partial charge >= 0.3 is 5.97 Å². The van der Waals surface area contributed by atoms with Crippen LogP contribution in [-0.2, 0) is 15.1 Å². The van der Waals surface area contributed by atoms with Crippen molar-refractivity contribution in [1.82, 2.24) is 4.90 Å². The van der Waals surface area contributed by atoms with E-state index in [1.165, 1.54) is 24.3 Å². The fraction of sp³-hybridized carbons (Fsp3) is 0.318. The zero-order valence-corrected chi connectivity index (χ0v) is 15.4. The van der Waals surface area contributed by atoms with Gasteiger partial charge in [-0.05, 0) is 61.4 Å². The van der Waals surface area contributed by atoms with E-state index in [4.69, 9.17) is 4.74 Å². The largest absolute Gasteiger partial charge is 0.437 e. The van der Waals surface area contributed by atoms with Gasteiger partial charge in [0.05, 0.1) is 0 Å². The molecule has 28 heavy (non-hydrogen) atoms. The first-order valence-electron chi connectivity index (χ1n) is 9.24. The highest BCUT2D eigenvalue weighted by molar-refractivity contribution is 5.86. The van der Waals surface area contributed by atoms with Crippen molar-refractivity contribution in [3.8, 4) is 0 Å². The van der Waals surface area contributed by atoms with Gasteiger partial charge in [-0.25, -0.2) is 13.6 Å². The van der Waals surface area contributed by atoms with Crippen LogP contribution < -0.4 is 0 Å². The molecule has 1 fully saturated rings. The van der Waals surface area contributed by atoms with Gasteiger partial charge in [0.15, 0.2) is 5.72 Å². The zero-order chi connectivity index (χ0) is 19.9.